The Morgan fingerprint density at radius 1 is 0.971 bits per heavy atom. The highest BCUT2D eigenvalue weighted by Crippen LogP contribution is 2.36. The summed E-state index contributed by atoms with van der Waals surface area (Å²) in [5.74, 6) is 0.844. The number of hydrogen-bond acceptors (Lipinski definition) is 5. The van der Waals surface area contributed by atoms with Gasteiger partial charge < -0.3 is 18.6 Å². The summed E-state index contributed by atoms with van der Waals surface area (Å²) in [6.07, 6.45) is 0.286. The topological polar surface area (TPSA) is 81.8 Å². The second kappa shape index (κ2) is 8.12. The highest BCUT2D eigenvalue weighted by atomic mass is 16.5. The number of nitrogens with zero attached hydrogens (tertiary/aromatic N) is 2. The molecule has 1 amide bonds. The van der Waals surface area contributed by atoms with Gasteiger partial charge in [0.2, 0.25) is 0 Å². The van der Waals surface area contributed by atoms with Crippen LogP contribution in [0.4, 0.5) is 0 Å². The van der Waals surface area contributed by atoms with E-state index in [0.717, 1.165) is 22.9 Å². The zero-order chi connectivity index (χ0) is 24.3. The minimum Gasteiger partial charge on any atom is -0.480 e. The quantitative estimate of drug-likeness (QED) is 0.336. The van der Waals surface area contributed by atoms with Crippen LogP contribution in [0.1, 0.15) is 30.5 Å². The molecule has 0 unspecified atom stereocenters. The van der Waals surface area contributed by atoms with Crippen molar-refractivity contribution in [2.45, 2.75) is 38.8 Å². The van der Waals surface area contributed by atoms with Crippen molar-refractivity contribution < 1.29 is 13.9 Å². The Morgan fingerprint density at radius 2 is 1.77 bits per heavy atom. The number of ether oxygens (including phenoxy) is 1. The third-order valence-electron chi connectivity index (χ3n) is 7.43. The maximum atomic E-state index is 13.4. The molecular weight excluding hydrogens is 444 g/mol. The van der Waals surface area contributed by atoms with E-state index in [1.54, 1.807) is 25.1 Å². The molecule has 1 fully saturated rings. The van der Waals surface area contributed by atoms with Crippen LogP contribution in [-0.2, 0) is 11.3 Å². The molecule has 6 rings (SSSR count). The van der Waals surface area contributed by atoms with Gasteiger partial charge in [-0.25, -0.2) is 4.79 Å². The Bertz CT molecular complexity index is 1600. The van der Waals surface area contributed by atoms with Crippen molar-refractivity contribution in [1.82, 2.24) is 9.47 Å². The Labute approximate surface area is 201 Å². The van der Waals surface area contributed by atoms with Crippen molar-refractivity contribution in [2.24, 2.45) is 5.92 Å². The van der Waals surface area contributed by atoms with Gasteiger partial charge in [-0.05, 0) is 55.8 Å². The van der Waals surface area contributed by atoms with Gasteiger partial charge in [0.25, 0.3) is 11.5 Å². The smallest absolute Gasteiger partial charge is 0.344 e. The standard InChI is InChI=1S/C28H26N2O5/c1-16-24(11-10-21-20-6-3-4-7-22(20)28(33)35-26(16)21)34-17(2)27(32)29-13-18-12-19(15-29)23-8-5-9-25(31)30(23)14-18/h3-11,17-19H,12-15H2,1-2H3/t17-,18+,19-/m0/s1. The van der Waals surface area contributed by atoms with Crippen LogP contribution in [0.5, 0.6) is 5.75 Å². The van der Waals surface area contributed by atoms with E-state index in [0.29, 0.717) is 41.9 Å². The number of pyridine rings is 1. The molecule has 0 N–H and O–H groups in total. The lowest BCUT2D eigenvalue weighted by Gasteiger charge is -2.43. The monoisotopic (exact) mass is 470 g/mol. The Balaban J connectivity index is 1.26. The summed E-state index contributed by atoms with van der Waals surface area (Å²) in [6, 6.07) is 16.5. The van der Waals surface area contributed by atoms with Crippen LogP contribution in [-0.4, -0.2) is 34.6 Å². The maximum Gasteiger partial charge on any atom is 0.344 e. The number of aryl methyl sites for hydroxylation is 1. The van der Waals surface area contributed by atoms with Gasteiger partial charge in [0, 0.05) is 48.3 Å². The van der Waals surface area contributed by atoms with Crippen molar-refractivity contribution in [3.8, 4) is 5.75 Å². The first-order valence-corrected chi connectivity index (χ1v) is 12.0. The molecule has 0 spiro atoms. The summed E-state index contributed by atoms with van der Waals surface area (Å²) in [4.78, 5) is 40.0. The fourth-order valence-corrected chi connectivity index (χ4v) is 5.76. The minimum atomic E-state index is -0.699. The maximum absolute atomic E-state index is 13.4. The summed E-state index contributed by atoms with van der Waals surface area (Å²) in [5.41, 5.74) is 1.80. The number of benzene rings is 2. The highest BCUT2D eigenvalue weighted by molar-refractivity contribution is 6.05. The first-order chi connectivity index (χ1) is 16.9. The molecule has 2 aliphatic rings. The first kappa shape index (κ1) is 21.6. The molecule has 3 atom stereocenters. The van der Waals surface area contributed by atoms with E-state index in [1.165, 1.54) is 0 Å². The summed E-state index contributed by atoms with van der Waals surface area (Å²) < 4.78 is 13.6. The molecule has 2 aromatic carbocycles. The normalized spacial score (nSPS) is 20.0. The number of hydrogen-bond donors (Lipinski definition) is 0. The van der Waals surface area contributed by atoms with Crippen LogP contribution < -0.4 is 15.9 Å². The molecule has 4 heterocycles. The molecule has 178 valence electrons. The Morgan fingerprint density at radius 3 is 2.60 bits per heavy atom. The van der Waals surface area contributed by atoms with Crippen molar-refractivity contribution in [1.29, 1.82) is 0 Å². The molecule has 4 aromatic rings. The third kappa shape index (κ3) is 3.53. The van der Waals surface area contributed by atoms with Crippen molar-refractivity contribution in [2.75, 3.05) is 13.1 Å². The molecule has 7 nitrogen and oxygen atoms in total. The predicted molar refractivity (Wildman–Crippen MR) is 133 cm³/mol. The lowest BCUT2D eigenvalue weighted by Crippen LogP contribution is -2.52. The summed E-state index contributed by atoms with van der Waals surface area (Å²) in [5, 5.41) is 2.20. The van der Waals surface area contributed by atoms with Crippen LogP contribution in [0, 0.1) is 12.8 Å². The molecule has 7 heteroatoms. The number of carbonyl (C=O) groups is 1. The second-order valence-electron chi connectivity index (χ2n) is 9.70. The van der Waals surface area contributed by atoms with Gasteiger partial charge in [-0.15, -0.1) is 0 Å². The van der Waals surface area contributed by atoms with Crippen LogP contribution >= 0.6 is 0 Å². The zero-order valence-corrected chi connectivity index (χ0v) is 19.7. The number of amides is 1. The van der Waals surface area contributed by atoms with Gasteiger partial charge in [-0.3, -0.25) is 9.59 Å². The lowest BCUT2D eigenvalue weighted by atomic mass is 9.83. The van der Waals surface area contributed by atoms with Gasteiger partial charge in [0.15, 0.2) is 6.10 Å². The highest BCUT2D eigenvalue weighted by Gasteiger charge is 2.37. The van der Waals surface area contributed by atoms with Crippen LogP contribution in [0.3, 0.4) is 0 Å². The largest absolute Gasteiger partial charge is 0.480 e. The lowest BCUT2D eigenvalue weighted by molar-refractivity contribution is -0.140. The van der Waals surface area contributed by atoms with Gasteiger partial charge in [-0.1, -0.05) is 24.3 Å². The summed E-state index contributed by atoms with van der Waals surface area (Å²) in [6.45, 7) is 5.42. The average molecular weight is 471 g/mol. The second-order valence-corrected chi connectivity index (χ2v) is 9.70. The molecule has 35 heavy (non-hydrogen) atoms. The molecule has 0 radical (unpaired) electrons. The van der Waals surface area contributed by atoms with E-state index in [2.05, 4.69) is 0 Å². The predicted octanol–water partition coefficient (Wildman–Crippen LogP) is 3.83. The van der Waals surface area contributed by atoms with Crippen LogP contribution in [0.25, 0.3) is 21.7 Å². The van der Waals surface area contributed by atoms with E-state index in [9.17, 15) is 14.4 Å². The fraction of sp³-hybridized carbons (Fsp3) is 0.321. The number of rotatable bonds is 3. The fourth-order valence-electron chi connectivity index (χ4n) is 5.76. The average Bonchev–Trinajstić information content (AvgIpc) is 2.86. The van der Waals surface area contributed by atoms with Crippen LogP contribution in [0.2, 0.25) is 0 Å². The molecule has 1 saturated heterocycles. The molecular formula is C28H26N2O5. The molecule has 0 aliphatic carbocycles. The number of piperidine rings is 1. The number of likely N-dealkylation sites (tertiary alicyclic amines) is 1. The van der Waals surface area contributed by atoms with E-state index in [-0.39, 0.29) is 23.3 Å². The Hall–Kier alpha value is -3.87. The summed E-state index contributed by atoms with van der Waals surface area (Å²) in [7, 11) is 0. The molecule has 2 bridgehead atoms. The van der Waals surface area contributed by atoms with Gasteiger partial charge in [0.05, 0.1) is 5.39 Å². The molecule has 2 aromatic heterocycles. The first-order valence-electron chi connectivity index (χ1n) is 12.0. The zero-order valence-electron chi connectivity index (χ0n) is 19.7. The summed E-state index contributed by atoms with van der Waals surface area (Å²) >= 11 is 0. The van der Waals surface area contributed by atoms with E-state index in [1.807, 2.05) is 52.8 Å². The minimum absolute atomic E-state index is 0.0277. The van der Waals surface area contributed by atoms with Crippen molar-refractivity contribution in [3.05, 3.63) is 86.6 Å². The number of carbonyl (C=O) groups excluding carboxylic acids is 1. The van der Waals surface area contributed by atoms with Gasteiger partial charge in [0.1, 0.15) is 11.3 Å². The molecule has 2 aliphatic heterocycles. The van der Waals surface area contributed by atoms with Gasteiger partial charge in [-0.2, -0.15) is 0 Å². The van der Waals surface area contributed by atoms with E-state index >= 15 is 0 Å². The van der Waals surface area contributed by atoms with E-state index in [4.69, 9.17) is 9.15 Å². The van der Waals surface area contributed by atoms with E-state index < -0.39 is 11.7 Å². The third-order valence-corrected chi connectivity index (χ3v) is 7.43. The SMILES string of the molecule is Cc1c(O[C@@H](C)C(=O)N2C[C@H]3C[C@@H](C2)c2cccc(=O)n2C3)ccc2c1oc(=O)c1ccccc12. The Kier molecular flexibility index (Phi) is 5.02. The number of fused-ring (bicyclic) bond motifs is 7. The molecule has 0 saturated carbocycles. The van der Waals surface area contributed by atoms with Gasteiger partial charge >= 0.3 is 5.63 Å². The van der Waals surface area contributed by atoms with Crippen molar-refractivity contribution >= 4 is 27.6 Å². The van der Waals surface area contributed by atoms with Crippen molar-refractivity contribution in [3.63, 3.8) is 0 Å². The van der Waals surface area contributed by atoms with Crippen LogP contribution in [0.15, 0.2) is 68.6 Å². The number of aromatic nitrogens is 1.